The summed E-state index contributed by atoms with van der Waals surface area (Å²) < 4.78 is 1.36. The number of aryl methyl sites for hydroxylation is 1. The molecule has 0 aliphatic rings. The molecule has 0 spiro atoms. The van der Waals surface area contributed by atoms with Gasteiger partial charge in [-0.1, -0.05) is 31.3 Å². The average molecular weight is 329 g/mol. The van der Waals surface area contributed by atoms with Crippen molar-refractivity contribution in [1.29, 1.82) is 0 Å². The van der Waals surface area contributed by atoms with Crippen LogP contribution in [0.1, 0.15) is 40.7 Å². The summed E-state index contributed by atoms with van der Waals surface area (Å²) in [4.78, 5) is 28.9. The summed E-state index contributed by atoms with van der Waals surface area (Å²) >= 11 is 1.29. The normalized spacial score (nSPS) is 11.1. The van der Waals surface area contributed by atoms with Crippen molar-refractivity contribution in [2.75, 3.05) is 5.32 Å². The number of amides is 1. The molecule has 1 N–H and O–H groups in total. The van der Waals surface area contributed by atoms with Crippen molar-refractivity contribution in [1.82, 2.24) is 19.6 Å². The Kier molecular flexibility index (Phi) is 3.91. The second-order valence-corrected chi connectivity index (χ2v) is 6.48. The summed E-state index contributed by atoms with van der Waals surface area (Å²) in [6.45, 7) is 5.86. The van der Waals surface area contributed by atoms with Gasteiger partial charge in [-0.2, -0.15) is 0 Å². The lowest BCUT2D eigenvalue weighted by molar-refractivity contribution is 0.102. The summed E-state index contributed by atoms with van der Waals surface area (Å²) in [6, 6.07) is 3.59. The average Bonchev–Trinajstić information content (AvgIpc) is 2.97. The molecule has 0 bridgehead atoms. The number of rotatable bonds is 3. The van der Waals surface area contributed by atoms with Crippen LogP contribution in [0.4, 0.5) is 5.13 Å². The molecule has 3 aromatic heterocycles. The molecule has 23 heavy (non-hydrogen) atoms. The second-order valence-electron chi connectivity index (χ2n) is 5.47. The molecule has 0 aliphatic heterocycles. The van der Waals surface area contributed by atoms with E-state index in [0.717, 1.165) is 10.6 Å². The van der Waals surface area contributed by atoms with Crippen LogP contribution in [0.15, 0.2) is 29.3 Å². The van der Waals surface area contributed by atoms with E-state index in [1.807, 2.05) is 26.8 Å². The lowest BCUT2D eigenvalue weighted by Gasteiger charge is -2.04. The fourth-order valence-electron chi connectivity index (χ4n) is 2.02. The van der Waals surface area contributed by atoms with Crippen LogP contribution in [0.3, 0.4) is 0 Å². The third-order valence-corrected chi connectivity index (χ3v) is 4.39. The van der Waals surface area contributed by atoms with E-state index in [0.29, 0.717) is 10.8 Å². The summed E-state index contributed by atoms with van der Waals surface area (Å²) in [5.74, 6) is -0.307. The highest BCUT2D eigenvalue weighted by atomic mass is 32.1. The molecule has 0 fully saturated rings. The van der Waals surface area contributed by atoms with Crippen LogP contribution >= 0.6 is 11.3 Å². The number of fused-ring (bicyclic) bond motifs is 1. The molecule has 3 heterocycles. The predicted octanol–water partition coefficient (Wildman–Crippen LogP) is 2.23. The number of hydrogen-bond donors (Lipinski definition) is 1. The fourth-order valence-corrected chi connectivity index (χ4v) is 2.76. The number of carbonyl (C=O) groups excluding carboxylic acids is 1. The molecule has 3 rings (SSSR count). The Morgan fingerprint density at radius 2 is 2.09 bits per heavy atom. The fraction of sp³-hybridized carbons (Fsp3) is 0.267. The highest BCUT2D eigenvalue weighted by molar-refractivity contribution is 7.15. The zero-order valence-electron chi connectivity index (χ0n) is 12.9. The first-order chi connectivity index (χ1) is 11.0. The van der Waals surface area contributed by atoms with Crippen LogP contribution in [-0.4, -0.2) is 25.5 Å². The molecule has 0 radical (unpaired) electrons. The van der Waals surface area contributed by atoms with Gasteiger partial charge in [0, 0.05) is 18.3 Å². The maximum Gasteiger partial charge on any atom is 0.270 e. The Labute approximate surface area is 136 Å². The van der Waals surface area contributed by atoms with Crippen molar-refractivity contribution in [2.24, 2.45) is 0 Å². The first kappa shape index (κ1) is 15.3. The van der Waals surface area contributed by atoms with Gasteiger partial charge in [0.05, 0.1) is 0 Å². The van der Waals surface area contributed by atoms with E-state index in [1.54, 1.807) is 12.3 Å². The minimum Gasteiger partial charge on any atom is -0.296 e. The quantitative estimate of drug-likeness (QED) is 0.796. The van der Waals surface area contributed by atoms with Gasteiger partial charge >= 0.3 is 0 Å². The van der Waals surface area contributed by atoms with E-state index in [-0.39, 0.29) is 11.5 Å². The molecule has 8 heteroatoms. The summed E-state index contributed by atoms with van der Waals surface area (Å²) in [7, 11) is 0. The maximum absolute atomic E-state index is 12.5. The van der Waals surface area contributed by atoms with Crippen LogP contribution in [0.5, 0.6) is 0 Å². The van der Waals surface area contributed by atoms with Crippen LogP contribution in [-0.2, 0) is 0 Å². The number of hydrogen-bond acceptors (Lipinski definition) is 6. The van der Waals surface area contributed by atoms with Crippen molar-refractivity contribution < 1.29 is 4.79 Å². The smallest absolute Gasteiger partial charge is 0.270 e. The third kappa shape index (κ3) is 2.98. The first-order valence-corrected chi connectivity index (χ1v) is 7.90. The molecule has 0 saturated carbocycles. The van der Waals surface area contributed by atoms with Gasteiger partial charge in [0.15, 0.2) is 0 Å². The topological polar surface area (TPSA) is 89.2 Å². The molecule has 7 nitrogen and oxygen atoms in total. The van der Waals surface area contributed by atoms with Crippen LogP contribution in [0.2, 0.25) is 0 Å². The van der Waals surface area contributed by atoms with Gasteiger partial charge in [0.2, 0.25) is 5.13 Å². The Morgan fingerprint density at radius 3 is 2.78 bits per heavy atom. The predicted molar refractivity (Wildman–Crippen MR) is 88.2 cm³/mol. The number of anilines is 1. The zero-order chi connectivity index (χ0) is 16.6. The molecule has 3 aromatic rings. The molecule has 0 aliphatic carbocycles. The van der Waals surface area contributed by atoms with Gasteiger partial charge < -0.3 is 0 Å². The number of aromatic nitrogens is 4. The zero-order valence-corrected chi connectivity index (χ0v) is 13.7. The van der Waals surface area contributed by atoms with E-state index in [9.17, 15) is 9.59 Å². The molecule has 1 amide bonds. The van der Waals surface area contributed by atoms with Gasteiger partial charge in [-0.15, -0.1) is 10.2 Å². The summed E-state index contributed by atoms with van der Waals surface area (Å²) in [6.07, 6.45) is 2.94. The monoisotopic (exact) mass is 329 g/mol. The Hall–Kier alpha value is -2.61. The summed E-state index contributed by atoms with van der Waals surface area (Å²) in [5.41, 5.74) is 0.957. The lowest BCUT2D eigenvalue weighted by atomic mass is 10.2. The minimum absolute atomic E-state index is 0.0330. The number of carbonyl (C=O) groups is 1. The number of pyridine rings is 1. The minimum atomic E-state index is -0.537. The van der Waals surface area contributed by atoms with E-state index < -0.39 is 11.5 Å². The standard InChI is InChI=1S/C15H15N5O2S/c1-8(2)13-18-19-15(23-13)17-12(21)10-6-16-11-5-4-9(3)7-20(11)14(10)22/h4-8H,1-3H3,(H,17,19,21). The highest BCUT2D eigenvalue weighted by Crippen LogP contribution is 2.22. The number of nitrogens with zero attached hydrogens (tertiary/aromatic N) is 4. The van der Waals surface area contributed by atoms with Gasteiger partial charge in [0.1, 0.15) is 16.2 Å². The highest BCUT2D eigenvalue weighted by Gasteiger charge is 2.16. The first-order valence-electron chi connectivity index (χ1n) is 7.08. The Morgan fingerprint density at radius 1 is 1.30 bits per heavy atom. The molecule has 0 atom stereocenters. The van der Waals surface area contributed by atoms with Crippen LogP contribution in [0, 0.1) is 6.92 Å². The lowest BCUT2D eigenvalue weighted by Crippen LogP contribution is -2.26. The Bertz CT molecular complexity index is 944. The van der Waals surface area contributed by atoms with Gasteiger partial charge in [-0.25, -0.2) is 4.98 Å². The number of nitrogens with one attached hydrogen (secondary N) is 1. The SMILES string of the molecule is Cc1ccc2ncc(C(=O)Nc3nnc(C(C)C)s3)c(=O)n2c1. The van der Waals surface area contributed by atoms with Crippen molar-refractivity contribution >= 4 is 28.0 Å². The molecule has 0 saturated heterocycles. The Balaban J connectivity index is 1.94. The molecule has 118 valence electrons. The largest absolute Gasteiger partial charge is 0.296 e. The van der Waals surface area contributed by atoms with Crippen LogP contribution in [0.25, 0.3) is 5.65 Å². The second kappa shape index (κ2) is 5.88. The van der Waals surface area contributed by atoms with Crippen molar-refractivity contribution in [3.05, 3.63) is 51.0 Å². The van der Waals surface area contributed by atoms with Gasteiger partial charge in [-0.05, 0) is 18.6 Å². The van der Waals surface area contributed by atoms with E-state index >= 15 is 0 Å². The van der Waals surface area contributed by atoms with Crippen molar-refractivity contribution in [3.8, 4) is 0 Å². The van der Waals surface area contributed by atoms with Crippen molar-refractivity contribution in [3.63, 3.8) is 0 Å². The van der Waals surface area contributed by atoms with Crippen molar-refractivity contribution in [2.45, 2.75) is 26.7 Å². The molecule has 0 aromatic carbocycles. The summed E-state index contributed by atoms with van der Waals surface area (Å²) in [5, 5.41) is 11.7. The third-order valence-electron chi connectivity index (χ3n) is 3.25. The van der Waals surface area contributed by atoms with E-state index in [4.69, 9.17) is 0 Å². The van der Waals surface area contributed by atoms with Crippen LogP contribution < -0.4 is 10.9 Å². The maximum atomic E-state index is 12.5. The molecular formula is C15H15N5O2S. The van der Waals surface area contributed by atoms with E-state index in [2.05, 4.69) is 20.5 Å². The van der Waals surface area contributed by atoms with E-state index in [1.165, 1.54) is 21.9 Å². The molecule has 0 unspecified atom stereocenters. The molecular weight excluding hydrogens is 314 g/mol. The van der Waals surface area contributed by atoms with Gasteiger partial charge in [0.25, 0.3) is 11.5 Å². The van der Waals surface area contributed by atoms with Gasteiger partial charge in [-0.3, -0.25) is 19.3 Å².